The molecule has 7 nitrogen and oxygen atoms in total. The van der Waals surface area contributed by atoms with E-state index in [0.29, 0.717) is 19.5 Å². The number of nitrogens with one attached hydrogen (secondary N) is 1. The van der Waals surface area contributed by atoms with Crippen LogP contribution in [-0.2, 0) is 14.3 Å². The first-order chi connectivity index (χ1) is 16.3. The highest BCUT2D eigenvalue weighted by Crippen LogP contribution is 2.44. The highest BCUT2D eigenvalue weighted by atomic mass is 16.5. The third kappa shape index (κ3) is 5.08. The number of likely N-dealkylation sites (tertiary alicyclic amines) is 1. The molecule has 0 bridgehead atoms. The maximum atomic E-state index is 12.7. The summed E-state index contributed by atoms with van der Waals surface area (Å²) in [4.78, 5) is 38.0. The van der Waals surface area contributed by atoms with Crippen molar-refractivity contribution in [3.63, 3.8) is 0 Å². The van der Waals surface area contributed by atoms with E-state index >= 15 is 0 Å². The van der Waals surface area contributed by atoms with Gasteiger partial charge in [0.15, 0.2) is 0 Å². The van der Waals surface area contributed by atoms with Gasteiger partial charge in [-0.25, -0.2) is 4.79 Å². The predicted molar refractivity (Wildman–Crippen MR) is 128 cm³/mol. The lowest BCUT2D eigenvalue weighted by Gasteiger charge is -2.24. The van der Waals surface area contributed by atoms with Crippen LogP contribution in [0, 0.1) is 17.8 Å². The van der Waals surface area contributed by atoms with Crippen molar-refractivity contribution in [2.24, 2.45) is 17.8 Å². The van der Waals surface area contributed by atoms with E-state index in [9.17, 15) is 14.4 Å². The Morgan fingerprint density at radius 2 is 1.68 bits per heavy atom. The summed E-state index contributed by atoms with van der Waals surface area (Å²) in [6.07, 6.45) is 0.270. The van der Waals surface area contributed by atoms with Crippen LogP contribution < -0.4 is 5.32 Å². The Morgan fingerprint density at radius 1 is 1.06 bits per heavy atom. The Bertz CT molecular complexity index is 1020. The molecule has 0 saturated carbocycles. The number of carboxylic acids is 1. The van der Waals surface area contributed by atoms with Gasteiger partial charge in [-0.1, -0.05) is 62.4 Å². The second-order valence-electron chi connectivity index (χ2n) is 9.58. The zero-order valence-electron chi connectivity index (χ0n) is 19.7. The van der Waals surface area contributed by atoms with Gasteiger partial charge in [0.1, 0.15) is 6.61 Å². The monoisotopic (exact) mass is 464 g/mol. The maximum Gasteiger partial charge on any atom is 0.407 e. The number of hydrogen-bond donors (Lipinski definition) is 2. The Kier molecular flexibility index (Phi) is 7.20. The number of carbonyl (C=O) groups is 3. The van der Waals surface area contributed by atoms with Crippen molar-refractivity contribution in [2.45, 2.75) is 32.6 Å². The number of aliphatic carboxylic acids is 1. The first kappa shape index (κ1) is 23.8. The van der Waals surface area contributed by atoms with Crippen molar-refractivity contribution >= 4 is 18.0 Å². The fourth-order valence-corrected chi connectivity index (χ4v) is 4.95. The van der Waals surface area contributed by atoms with E-state index in [1.54, 1.807) is 4.90 Å². The molecule has 7 heteroatoms. The number of rotatable bonds is 8. The zero-order chi connectivity index (χ0) is 24.2. The molecular formula is C27H32N2O5. The van der Waals surface area contributed by atoms with E-state index in [2.05, 4.69) is 29.6 Å². The smallest absolute Gasteiger partial charge is 0.407 e. The van der Waals surface area contributed by atoms with E-state index in [1.165, 1.54) is 11.1 Å². The van der Waals surface area contributed by atoms with Gasteiger partial charge in [-0.15, -0.1) is 0 Å². The number of hydrogen-bond acceptors (Lipinski definition) is 4. The van der Waals surface area contributed by atoms with Crippen LogP contribution in [0.4, 0.5) is 4.79 Å². The number of alkyl carbamates (subject to hydrolysis) is 1. The molecular weight excluding hydrogens is 432 g/mol. The molecule has 2 amide bonds. The first-order valence-electron chi connectivity index (χ1n) is 11.9. The number of nitrogens with zero attached hydrogens (tertiary/aromatic N) is 1. The van der Waals surface area contributed by atoms with Crippen LogP contribution in [0.15, 0.2) is 48.5 Å². The summed E-state index contributed by atoms with van der Waals surface area (Å²) < 4.78 is 5.60. The van der Waals surface area contributed by atoms with Crippen LogP contribution in [0.25, 0.3) is 11.1 Å². The standard InChI is InChI=1S/C27H32N2O5/c1-17(2)19(13-25(30)29-12-11-18(15-29)26(31)32)14-28-27(33)34-16-24-22-9-5-3-7-20(22)21-8-4-6-10-23(21)24/h3-10,17-19,24H,11-16H2,1-2H3,(H,28,33)(H,31,32). The molecule has 1 fully saturated rings. The molecule has 1 heterocycles. The van der Waals surface area contributed by atoms with Gasteiger partial charge in [-0.3, -0.25) is 9.59 Å². The summed E-state index contributed by atoms with van der Waals surface area (Å²) in [6, 6.07) is 16.4. The van der Waals surface area contributed by atoms with E-state index in [-0.39, 0.29) is 43.2 Å². The predicted octanol–water partition coefficient (Wildman–Crippen LogP) is 4.12. The largest absolute Gasteiger partial charge is 0.481 e. The van der Waals surface area contributed by atoms with Gasteiger partial charge in [-0.2, -0.15) is 0 Å². The average molecular weight is 465 g/mol. The molecule has 1 aliphatic carbocycles. The van der Waals surface area contributed by atoms with Gasteiger partial charge in [-0.05, 0) is 40.5 Å². The third-order valence-electron chi connectivity index (χ3n) is 7.12. The number of benzene rings is 2. The summed E-state index contributed by atoms with van der Waals surface area (Å²) in [6.45, 7) is 5.34. The lowest BCUT2D eigenvalue weighted by Crippen LogP contribution is -2.37. The van der Waals surface area contributed by atoms with Crippen LogP contribution >= 0.6 is 0 Å². The second kappa shape index (κ2) is 10.3. The summed E-state index contributed by atoms with van der Waals surface area (Å²) >= 11 is 0. The molecule has 1 aliphatic heterocycles. The topological polar surface area (TPSA) is 95.9 Å². The molecule has 0 aromatic heterocycles. The van der Waals surface area contributed by atoms with Gasteiger partial charge in [0.05, 0.1) is 5.92 Å². The van der Waals surface area contributed by atoms with Gasteiger partial charge < -0.3 is 20.1 Å². The van der Waals surface area contributed by atoms with Crippen molar-refractivity contribution in [2.75, 3.05) is 26.2 Å². The molecule has 2 N–H and O–H groups in total. The van der Waals surface area contributed by atoms with Crippen molar-refractivity contribution in [3.05, 3.63) is 59.7 Å². The fraction of sp³-hybridized carbons (Fsp3) is 0.444. The Balaban J connectivity index is 1.30. The molecule has 180 valence electrons. The molecule has 0 spiro atoms. The number of carbonyl (C=O) groups excluding carboxylic acids is 2. The summed E-state index contributed by atoms with van der Waals surface area (Å²) in [5.41, 5.74) is 4.68. The molecule has 2 aromatic rings. The van der Waals surface area contributed by atoms with Gasteiger partial charge in [0.2, 0.25) is 5.91 Å². The lowest BCUT2D eigenvalue weighted by molar-refractivity contribution is -0.141. The zero-order valence-corrected chi connectivity index (χ0v) is 19.7. The fourth-order valence-electron chi connectivity index (χ4n) is 4.95. The Labute approximate surface area is 200 Å². The van der Waals surface area contributed by atoms with E-state index in [1.807, 2.05) is 38.1 Å². The second-order valence-corrected chi connectivity index (χ2v) is 9.58. The molecule has 2 aliphatic rings. The molecule has 4 rings (SSSR count). The number of amides is 2. The Morgan fingerprint density at radius 3 is 2.24 bits per heavy atom. The molecule has 2 unspecified atom stereocenters. The lowest BCUT2D eigenvalue weighted by atomic mass is 9.92. The summed E-state index contributed by atoms with van der Waals surface area (Å²) in [5.74, 6) is -1.28. The van der Waals surface area contributed by atoms with Gasteiger partial charge in [0, 0.05) is 32.0 Å². The number of fused-ring (bicyclic) bond motifs is 3. The normalized spacial score (nSPS) is 17.9. The Hall–Kier alpha value is -3.35. The van der Waals surface area contributed by atoms with Crippen LogP contribution in [0.1, 0.15) is 43.7 Å². The highest BCUT2D eigenvalue weighted by Gasteiger charge is 2.32. The van der Waals surface area contributed by atoms with E-state index < -0.39 is 18.0 Å². The van der Waals surface area contributed by atoms with E-state index in [0.717, 1.165) is 11.1 Å². The minimum absolute atomic E-state index is 0.00188. The van der Waals surface area contributed by atoms with Crippen molar-refractivity contribution in [1.82, 2.24) is 10.2 Å². The van der Waals surface area contributed by atoms with Crippen LogP contribution in [-0.4, -0.2) is 54.2 Å². The first-order valence-corrected chi connectivity index (χ1v) is 11.9. The van der Waals surface area contributed by atoms with Crippen molar-refractivity contribution in [3.8, 4) is 11.1 Å². The minimum Gasteiger partial charge on any atom is -0.481 e. The SMILES string of the molecule is CC(C)C(CNC(=O)OCC1c2ccccc2-c2ccccc21)CC(=O)N1CCC(C(=O)O)C1. The number of carboxylic acid groups (broad SMARTS) is 1. The number of ether oxygens (including phenoxy) is 1. The van der Waals surface area contributed by atoms with Crippen molar-refractivity contribution < 1.29 is 24.2 Å². The van der Waals surface area contributed by atoms with Crippen molar-refractivity contribution in [1.29, 1.82) is 0 Å². The third-order valence-corrected chi connectivity index (χ3v) is 7.12. The van der Waals surface area contributed by atoms with Crippen LogP contribution in [0.5, 0.6) is 0 Å². The summed E-state index contributed by atoms with van der Waals surface area (Å²) in [7, 11) is 0. The maximum absolute atomic E-state index is 12.7. The highest BCUT2D eigenvalue weighted by molar-refractivity contribution is 5.80. The molecule has 2 aromatic carbocycles. The van der Waals surface area contributed by atoms with Gasteiger partial charge >= 0.3 is 12.1 Å². The molecule has 2 atom stereocenters. The van der Waals surface area contributed by atoms with E-state index in [4.69, 9.17) is 9.84 Å². The average Bonchev–Trinajstić information content (AvgIpc) is 3.44. The molecule has 34 heavy (non-hydrogen) atoms. The minimum atomic E-state index is -0.854. The van der Waals surface area contributed by atoms with Gasteiger partial charge in [0.25, 0.3) is 0 Å². The van der Waals surface area contributed by atoms with Crippen LogP contribution in [0.2, 0.25) is 0 Å². The quantitative estimate of drug-likeness (QED) is 0.613. The van der Waals surface area contributed by atoms with Crippen LogP contribution in [0.3, 0.4) is 0 Å². The summed E-state index contributed by atoms with van der Waals surface area (Å²) in [5, 5.41) is 12.0. The molecule has 0 radical (unpaired) electrons. The molecule has 1 saturated heterocycles.